The van der Waals surface area contributed by atoms with Crippen LogP contribution < -0.4 is 0 Å². The molecule has 1 rings (SSSR count). The Bertz CT molecular complexity index is 432. The van der Waals surface area contributed by atoms with E-state index in [2.05, 4.69) is 0 Å². The third-order valence-electron chi connectivity index (χ3n) is 2.40. The molecule has 106 valence electrons. The van der Waals surface area contributed by atoms with Gasteiger partial charge in [-0.3, -0.25) is 4.79 Å². The molecule has 1 aromatic rings. The molecule has 8 heteroatoms. The lowest BCUT2D eigenvalue weighted by atomic mass is 9.94. The van der Waals surface area contributed by atoms with Crippen LogP contribution in [0.2, 0.25) is 0 Å². The first-order valence-electron chi connectivity index (χ1n) is 4.89. The van der Waals surface area contributed by atoms with Crippen molar-refractivity contribution in [1.82, 2.24) is 0 Å². The summed E-state index contributed by atoms with van der Waals surface area (Å²) in [5, 5.41) is 0. The number of halogens is 7. The molecule has 0 saturated carbocycles. The minimum atomic E-state index is -6.21. The highest BCUT2D eigenvalue weighted by Crippen LogP contribution is 2.48. The lowest BCUT2D eigenvalue weighted by Gasteiger charge is -2.29. The van der Waals surface area contributed by atoms with Gasteiger partial charge >= 0.3 is 18.0 Å². The van der Waals surface area contributed by atoms with Gasteiger partial charge in [0, 0.05) is 5.56 Å². The van der Waals surface area contributed by atoms with E-state index >= 15 is 0 Å². The predicted octanol–water partition coefficient (Wildman–Crippen LogP) is 4.09. The van der Waals surface area contributed by atoms with Crippen LogP contribution in [0.3, 0.4) is 0 Å². The monoisotopic (exact) mass is 288 g/mol. The van der Waals surface area contributed by atoms with Crippen LogP contribution >= 0.6 is 0 Å². The van der Waals surface area contributed by atoms with Gasteiger partial charge in [0.05, 0.1) is 6.42 Å². The maximum Gasteiger partial charge on any atom is 0.432 e. The minimum absolute atomic E-state index is 0.418. The van der Waals surface area contributed by atoms with E-state index in [4.69, 9.17) is 0 Å². The largest absolute Gasteiger partial charge is 0.432 e. The number of carbonyl (C=O) groups is 1. The van der Waals surface area contributed by atoms with Gasteiger partial charge in [-0.1, -0.05) is 30.3 Å². The van der Waals surface area contributed by atoms with Crippen LogP contribution in [-0.2, 0) is 0 Å². The Hall–Kier alpha value is -1.60. The molecule has 0 aliphatic rings. The summed E-state index contributed by atoms with van der Waals surface area (Å²) < 4.78 is 86.6. The third kappa shape index (κ3) is 3.05. The SMILES string of the molecule is O=C(CC(F)(C(F)(F)F)C(F)(F)F)c1ccccc1. The van der Waals surface area contributed by atoms with Gasteiger partial charge in [0.1, 0.15) is 0 Å². The minimum Gasteiger partial charge on any atom is -0.294 e. The fraction of sp³-hybridized carbons (Fsp3) is 0.364. The van der Waals surface area contributed by atoms with Gasteiger partial charge in [0.2, 0.25) is 0 Å². The molecule has 0 saturated heterocycles. The van der Waals surface area contributed by atoms with Gasteiger partial charge in [0.15, 0.2) is 5.78 Å². The normalized spacial score (nSPS) is 13.4. The molecule has 0 fully saturated rings. The number of carbonyl (C=O) groups excluding carboxylic acids is 1. The number of hydrogen-bond acceptors (Lipinski definition) is 1. The first-order valence-corrected chi connectivity index (χ1v) is 4.89. The summed E-state index contributed by atoms with van der Waals surface area (Å²) in [5.74, 6) is -1.57. The average molecular weight is 288 g/mol. The van der Waals surface area contributed by atoms with Gasteiger partial charge in [-0.05, 0) is 0 Å². The topological polar surface area (TPSA) is 17.1 Å². The Morgan fingerprint density at radius 1 is 0.842 bits per heavy atom. The summed E-state index contributed by atoms with van der Waals surface area (Å²) in [5.41, 5.74) is -5.97. The van der Waals surface area contributed by atoms with Gasteiger partial charge in [0.25, 0.3) is 0 Å². The summed E-state index contributed by atoms with van der Waals surface area (Å²) in [4.78, 5) is 11.3. The molecule has 0 radical (unpaired) electrons. The zero-order chi connectivity index (χ0) is 14.9. The Balaban J connectivity index is 3.08. The standard InChI is InChI=1S/C11H7F7O/c12-9(10(13,14)15,11(16,17)18)6-8(19)7-4-2-1-3-5-7/h1-5H,6H2. The zero-order valence-corrected chi connectivity index (χ0v) is 9.15. The molecule has 0 bridgehead atoms. The Labute approximate surface area is 103 Å². The molecule has 1 aromatic carbocycles. The number of alkyl halides is 7. The summed E-state index contributed by atoms with van der Waals surface area (Å²) in [6.45, 7) is 0. The van der Waals surface area contributed by atoms with Crippen LogP contribution in [0.5, 0.6) is 0 Å². The Morgan fingerprint density at radius 3 is 1.63 bits per heavy atom. The number of rotatable bonds is 3. The van der Waals surface area contributed by atoms with Crippen LogP contribution in [0.25, 0.3) is 0 Å². The van der Waals surface area contributed by atoms with Crippen LogP contribution in [0, 0.1) is 0 Å². The highest BCUT2D eigenvalue weighted by atomic mass is 19.4. The van der Waals surface area contributed by atoms with E-state index in [0.717, 1.165) is 12.1 Å². The lowest BCUT2D eigenvalue weighted by Crippen LogP contribution is -2.54. The van der Waals surface area contributed by atoms with Gasteiger partial charge in [-0.25, -0.2) is 4.39 Å². The van der Waals surface area contributed by atoms with Gasteiger partial charge in [-0.15, -0.1) is 0 Å². The zero-order valence-electron chi connectivity index (χ0n) is 9.15. The van der Waals surface area contributed by atoms with Crippen LogP contribution in [0.4, 0.5) is 30.7 Å². The van der Waals surface area contributed by atoms with Crippen molar-refractivity contribution in [3.63, 3.8) is 0 Å². The fourth-order valence-corrected chi connectivity index (χ4v) is 1.31. The molecule has 0 aliphatic carbocycles. The van der Waals surface area contributed by atoms with Crippen molar-refractivity contribution in [1.29, 1.82) is 0 Å². The van der Waals surface area contributed by atoms with Crippen molar-refractivity contribution >= 4 is 5.78 Å². The first-order chi connectivity index (χ1) is 8.49. The number of Topliss-reactive ketones (excluding diaryl/α,β-unsaturated/α-hetero) is 1. The molecule has 0 aliphatic heterocycles. The van der Waals surface area contributed by atoms with Crippen LogP contribution in [0.15, 0.2) is 30.3 Å². The highest BCUT2D eigenvalue weighted by Gasteiger charge is 2.72. The van der Waals surface area contributed by atoms with E-state index in [9.17, 15) is 35.5 Å². The molecule has 0 N–H and O–H groups in total. The Morgan fingerprint density at radius 2 is 1.26 bits per heavy atom. The van der Waals surface area contributed by atoms with Crippen molar-refractivity contribution in [3.05, 3.63) is 35.9 Å². The molecular formula is C11H7F7O. The third-order valence-corrected chi connectivity index (χ3v) is 2.40. The van der Waals surface area contributed by atoms with E-state index in [1.807, 2.05) is 0 Å². The highest BCUT2D eigenvalue weighted by molar-refractivity contribution is 5.96. The molecule has 0 atom stereocenters. The van der Waals surface area contributed by atoms with Crippen molar-refractivity contribution < 1.29 is 35.5 Å². The predicted molar refractivity (Wildman–Crippen MR) is 51.3 cm³/mol. The smallest absolute Gasteiger partial charge is 0.294 e. The molecule has 0 aromatic heterocycles. The number of hydrogen-bond donors (Lipinski definition) is 0. The molecule has 1 nitrogen and oxygen atoms in total. The van der Waals surface area contributed by atoms with Crippen LogP contribution in [0.1, 0.15) is 16.8 Å². The summed E-state index contributed by atoms with van der Waals surface area (Å²) in [7, 11) is 0. The van der Waals surface area contributed by atoms with Crippen molar-refractivity contribution in [2.75, 3.05) is 0 Å². The Kier molecular flexibility index (Phi) is 3.92. The number of benzene rings is 1. The summed E-state index contributed by atoms with van der Waals surface area (Å²) in [6, 6.07) is 5.92. The second kappa shape index (κ2) is 4.82. The molecule has 0 amide bonds. The quantitative estimate of drug-likeness (QED) is 0.604. The van der Waals surface area contributed by atoms with Crippen molar-refractivity contribution in [2.45, 2.75) is 24.4 Å². The lowest BCUT2D eigenvalue weighted by molar-refractivity contribution is -0.339. The molecule has 0 unspecified atom stereocenters. The average Bonchev–Trinajstić information content (AvgIpc) is 2.27. The van der Waals surface area contributed by atoms with E-state index in [1.165, 1.54) is 18.2 Å². The first kappa shape index (κ1) is 15.5. The molecule has 19 heavy (non-hydrogen) atoms. The van der Waals surface area contributed by atoms with Gasteiger partial charge in [-0.2, -0.15) is 26.3 Å². The fourth-order valence-electron chi connectivity index (χ4n) is 1.31. The second-order valence-corrected chi connectivity index (χ2v) is 3.76. The van der Waals surface area contributed by atoms with Gasteiger partial charge < -0.3 is 0 Å². The second-order valence-electron chi connectivity index (χ2n) is 3.76. The maximum atomic E-state index is 13.3. The van der Waals surface area contributed by atoms with E-state index < -0.39 is 35.8 Å². The van der Waals surface area contributed by atoms with E-state index in [1.54, 1.807) is 0 Å². The molecule has 0 heterocycles. The molecule has 0 spiro atoms. The summed E-state index contributed by atoms with van der Waals surface area (Å²) in [6.07, 6.45) is -14.8. The number of ketones is 1. The maximum absolute atomic E-state index is 13.3. The van der Waals surface area contributed by atoms with Crippen molar-refractivity contribution in [2.24, 2.45) is 0 Å². The van der Waals surface area contributed by atoms with E-state index in [0.29, 0.717) is 0 Å². The summed E-state index contributed by atoms with van der Waals surface area (Å²) >= 11 is 0. The van der Waals surface area contributed by atoms with Crippen LogP contribution in [-0.4, -0.2) is 23.8 Å². The van der Waals surface area contributed by atoms with Crippen molar-refractivity contribution in [3.8, 4) is 0 Å². The molecular weight excluding hydrogens is 281 g/mol. The van der Waals surface area contributed by atoms with E-state index in [-0.39, 0.29) is 0 Å².